The minimum absolute atomic E-state index is 0.103. The van der Waals surface area contributed by atoms with Gasteiger partial charge in [-0.15, -0.1) is 0 Å². The van der Waals surface area contributed by atoms with Crippen molar-refractivity contribution >= 4 is 17.5 Å². The largest absolute Gasteiger partial charge is 0.495 e. The van der Waals surface area contributed by atoms with Crippen molar-refractivity contribution in [2.45, 2.75) is 13.0 Å². The molecule has 4 rings (SSSR count). The normalized spacial score (nSPS) is 12.8. The molecule has 0 fully saturated rings. The molecule has 29 heavy (non-hydrogen) atoms. The Labute approximate surface area is 169 Å². The highest BCUT2D eigenvalue weighted by molar-refractivity contribution is 6.05. The van der Waals surface area contributed by atoms with E-state index in [2.05, 4.69) is 16.4 Å². The highest BCUT2D eigenvalue weighted by Gasteiger charge is 2.22. The zero-order valence-corrected chi connectivity index (χ0v) is 16.1. The monoisotopic (exact) mass is 387 g/mol. The van der Waals surface area contributed by atoms with Crippen LogP contribution in [-0.2, 0) is 13.0 Å². The van der Waals surface area contributed by atoms with Crippen LogP contribution in [-0.4, -0.2) is 35.4 Å². The summed E-state index contributed by atoms with van der Waals surface area (Å²) in [6.07, 6.45) is 2.32. The molecule has 0 bridgehead atoms. The van der Waals surface area contributed by atoms with Crippen LogP contribution in [0.1, 0.15) is 32.0 Å². The van der Waals surface area contributed by atoms with Crippen LogP contribution in [0, 0.1) is 0 Å². The second kappa shape index (κ2) is 8.14. The summed E-state index contributed by atoms with van der Waals surface area (Å²) in [6.45, 7) is 1.22. The number of carbonyl (C=O) groups excluding carboxylic acids is 2. The molecule has 0 atom stereocenters. The Hall–Kier alpha value is -3.67. The number of nitrogens with one attached hydrogen (secondary N) is 1. The SMILES string of the molecule is COc1ccccc1NC(=O)c1cc(C(=O)N2CCc3ccccc3C2)ccn1. The summed E-state index contributed by atoms with van der Waals surface area (Å²) in [6, 6.07) is 18.5. The maximum Gasteiger partial charge on any atom is 0.274 e. The fraction of sp³-hybridized carbons (Fsp3) is 0.174. The molecule has 0 saturated carbocycles. The third-order valence-electron chi connectivity index (χ3n) is 5.01. The molecular formula is C23H21N3O3. The number of hydrogen-bond donors (Lipinski definition) is 1. The van der Waals surface area contributed by atoms with Gasteiger partial charge in [0.1, 0.15) is 11.4 Å². The molecule has 0 aliphatic carbocycles. The maximum atomic E-state index is 13.0. The standard InChI is InChI=1S/C23H21N3O3/c1-29-21-9-5-4-8-19(21)25-22(27)20-14-17(10-12-24-20)23(28)26-13-11-16-6-2-3-7-18(16)15-26/h2-10,12,14H,11,13,15H2,1H3,(H,25,27). The summed E-state index contributed by atoms with van der Waals surface area (Å²) in [7, 11) is 1.54. The number of benzene rings is 2. The van der Waals surface area contributed by atoms with E-state index in [1.54, 1.807) is 36.3 Å². The number of amides is 2. The van der Waals surface area contributed by atoms with E-state index in [1.165, 1.54) is 17.8 Å². The van der Waals surface area contributed by atoms with Gasteiger partial charge in [-0.1, -0.05) is 36.4 Å². The van der Waals surface area contributed by atoms with E-state index in [4.69, 9.17) is 4.74 Å². The van der Waals surface area contributed by atoms with Crippen LogP contribution >= 0.6 is 0 Å². The van der Waals surface area contributed by atoms with Gasteiger partial charge in [0.2, 0.25) is 0 Å². The second-order valence-corrected chi connectivity index (χ2v) is 6.83. The van der Waals surface area contributed by atoms with E-state index in [-0.39, 0.29) is 11.6 Å². The quantitative estimate of drug-likeness (QED) is 0.743. The number of nitrogens with zero attached hydrogens (tertiary/aromatic N) is 2. The van der Waals surface area contributed by atoms with Crippen molar-refractivity contribution in [1.82, 2.24) is 9.88 Å². The van der Waals surface area contributed by atoms with Gasteiger partial charge in [0.05, 0.1) is 12.8 Å². The van der Waals surface area contributed by atoms with Crippen molar-refractivity contribution < 1.29 is 14.3 Å². The Bertz CT molecular complexity index is 1060. The van der Waals surface area contributed by atoms with E-state index in [9.17, 15) is 9.59 Å². The van der Waals surface area contributed by atoms with Gasteiger partial charge >= 0.3 is 0 Å². The fourth-order valence-electron chi connectivity index (χ4n) is 3.47. The molecular weight excluding hydrogens is 366 g/mol. The molecule has 1 N–H and O–H groups in total. The second-order valence-electron chi connectivity index (χ2n) is 6.83. The van der Waals surface area contributed by atoms with Gasteiger partial charge in [0.25, 0.3) is 11.8 Å². The Morgan fingerprint density at radius 2 is 1.79 bits per heavy atom. The highest BCUT2D eigenvalue weighted by Crippen LogP contribution is 2.24. The third-order valence-corrected chi connectivity index (χ3v) is 5.01. The first kappa shape index (κ1) is 18.7. The summed E-state index contributed by atoms with van der Waals surface area (Å²) in [4.78, 5) is 31.6. The smallest absolute Gasteiger partial charge is 0.274 e. The van der Waals surface area contributed by atoms with Gasteiger partial charge in [-0.3, -0.25) is 14.6 Å². The molecule has 2 amide bonds. The van der Waals surface area contributed by atoms with Gasteiger partial charge < -0.3 is 15.0 Å². The first-order valence-electron chi connectivity index (χ1n) is 9.42. The van der Waals surface area contributed by atoms with Crippen LogP contribution in [0.15, 0.2) is 66.9 Å². The average molecular weight is 387 g/mol. The van der Waals surface area contributed by atoms with Crippen molar-refractivity contribution in [1.29, 1.82) is 0 Å². The molecule has 0 spiro atoms. The summed E-state index contributed by atoms with van der Waals surface area (Å²) in [5.74, 6) is 0.0569. The molecule has 0 saturated heterocycles. The third kappa shape index (κ3) is 3.96. The number of anilines is 1. The molecule has 6 heteroatoms. The molecule has 1 aliphatic heterocycles. The minimum atomic E-state index is -0.395. The fourth-order valence-corrected chi connectivity index (χ4v) is 3.47. The molecule has 0 unspecified atom stereocenters. The number of para-hydroxylation sites is 2. The lowest BCUT2D eigenvalue weighted by Gasteiger charge is -2.29. The van der Waals surface area contributed by atoms with E-state index in [0.717, 1.165) is 12.0 Å². The molecule has 2 heterocycles. The molecule has 0 radical (unpaired) electrons. The molecule has 2 aromatic carbocycles. The van der Waals surface area contributed by atoms with Crippen LogP contribution in [0.5, 0.6) is 5.75 Å². The number of fused-ring (bicyclic) bond motifs is 1. The Kier molecular flexibility index (Phi) is 5.24. The topological polar surface area (TPSA) is 71.5 Å². The lowest BCUT2D eigenvalue weighted by molar-refractivity contribution is 0.0734. The number of rotatable bonds is 4. The van der Waals surface area contributed by atoms with Crippen molar-refractivity contribution in [2.75, 3.05) is 19.0 Å². The summed E-state index contributed by atoms with van der Waals surface area (Å²) >= 11 is 0. The van der Waals surface area contributed by atoms with E-state index < -0.39 is 5.91 Å². The Morgan fingerprint density at radius 1 is 1.03 bits per heavy atom. The van der Waals surface area contributed by atoms with Gasteiger partial charge in [-0.05, 0) is 41.8 Å². The predicted molar refractivity (Wildman–Crippen MR) is 110 cm³/mol. The van der Waals surface area contributed by atoms with E-state index in [0.29, 0.717) is 30.1 Å². The first-order valence-corrected chi connectivity index (χ1v) is 9.42. The zero-order valence-electron chi connectivity index (χ0n) is 16.1. The van der Waals surface area contributed by atoms with Crippen molar-refractivity contribution in [3.05, 3.63) is 89.2 Å². The molecule has 1 aliphatic rings. The average Bonchev–Trinajstić information content (AvgIpc) is 2.78. The Balaban J connectivity index is 1.51. The van der Waals surface area contributed by atoms with Gasteiger partial charge in [-0.2, -0.15) is 0 Å². The van der Waals surface area contributed by atoms with Crippen LogP contribution in [0.4, 0.5) is 5.69 Å². The van der Waals surface area contributed by atoms with Crippen LogP contribution in [0.2, 0.25) is 0 Å². The van der Waals surface area contributed by atoms with Crippen molar-refractivity contribution in [3.63, 3.8) is 0 Å². The Morgan fingerprint density at radius 3 is 2.62 bits per heavy atom. The minimum Gasteiger partial charge on any atom is -0.495 e. The van der Waals surface area contributed by atoms with Crippen molar-refractivity contribution in [2.24, 2.45) is 0 Å². The number of methoxy groups -OCH3 is 1. The van der Waals surface area contributed by atoms with Crippen molar-refractivity contribution in [3.8, 4) is 5.75 Å². The number of hydrogen-bond acceptors (Lipinski definition) is 4. The predicted octanol–water partition coefficient (Wildman–Crippen LogP) is 3.54. The number of ether oxygens (including phenoxy) is 1. The highest BCUT2D eigenvalue weighted by atomic mass is 16.5. The lowest BCUT2D eigenvalue weighted by Crippen LogP contribution is -2.36. The molecule has 6 nitrogen and oxygen atoms in total. The molecule has 3 aromatic rings. The summed E-state index contributed by atoms with van der Waals surface area (Å²) < 4.78 is 5.26. The summed E-state index contributed by atoms with van der Waals surface area (Å²) in [5.41, 5.74) is 3.62. The van der Waals surface area contributed by atoms with Crippen LogP contribution in [0.25, 0.3) is 0 Å². The lowest BCUT2D eigenvalue weighted by atomic mass is 9.99. The van der Waals surface area contributed by atoms with E-state index >= 15 is 0 Å². The molecule has 146 valence electrons. The summed E-state index contributed by atoms with van der Waals surface area (Å²) in [5, 5.41) is 2.79. The van der Waals surface area contributed by atoms with Crippen LogP contribution in [0.3, 0.4) is 0 Å². The number of carbonyl (C=O) groups is 2. The number of pyridine rings is 1. The van der Waals surface area contributed by atoms with Gasteiger partial charge in [0, 0.05) is 24.8 Å². The maximum absolute atomic E-state index is 13.0. The van der Waals surface area contributed by atoms with Crippen LogP contribution < -0.4 is 10.1 Å². The van der Waals surface area contributed by atoms with E-state index in [1.807, 2.05) is 24.3 Å². The zero-order chi connectivity index (χ0) is 20.2. The first-order chi connectivity index (χ1) is 14.2. The van der Waals surface area contributed by atoms with Gasteiger partial charge in [0.15, 0.2) is 0 Å². The van der Waals surface area contributed by atoms with Gasteiger partial charge in [-0.25, -0.2) is 0 Å². The molecule has 1 aromatic heterocycles. The number of aromatic nitrogens is 1.